The van der Waals surface area contributed by atoms with Crippen LogP contribution in [-0.2, 0) is 13.9 Å². The molecule has 1 unspecified atom stereocenters. The molecule has 7 heteroatoms. The Bertz CT molecular complexity index is 178. The number of carboxylic acid groups (broad SMARTS) is 1. The summed E-state index contributed by atoms with van der Waals surface area (Å²) in [5.41, 5.74) is 0.176. The Morgan fingerprint density at radius 2 is 2.00 bits per heavy atom. The molecule has 0 aliphatic heterocycles. The molecule has 0 saturated heterocycles. The molecule has 0 aliphatic rings. The maximum Gasteiger partial charge on any atom is 0.330 e. The molecule has 0 aliphatic carbocycles. The van der Waals surface area contributed by atoms with Crippen LogP contribution in [0, 0.1) is 0 Å². The van der Waals surface area contributed by atoms with Crippen molar-refractivity contribution in [2.24, 2.45) is 0 Å². The van der Waals surface area contributed by atoms with Crippen LogP contribution in [0.1, 0.15) is 6.92 Å². The second-order valence-corrected chi connectivity index (χ2v) is 2.74. The third-order valence-electron chi connectivity index (χ3n) is 0.682. The summed E-state index contributed by atoms with van der Waals surface area (Å²) in [4.78, 5) is 17.5. The van der Waals surface area contributed by atoms with Crippen molar-refractivity contribution in [3.8, 4) is 0 Å². The van der Waals surface area contributed by atoms with Gasteiger partial charge in [-0.15, -0.1) is 0 Å². The van der Waals surface area contributed by atoms with Crippen molar-refractivity contribution in [3.63, 3.8) is 0 Å². The molecule has 0 aromatic rings. The summed E-state index contributed by atoms with van der Waals surface area (Å²) >= 11 is 0. The molecule has 0 radical (unpaired) electrons. The first kappa shape index (κ1) is 14.8. The zero-order chi connectivity index (χ0) is 10.9. The fourth-order valence-electron chi connectivity index (χ4n) is 0.133. The average Bonchev–Trinajstić information content (AvgIpc) is 2.01. The van der Waals surface area contributed by atoms with Gasteiger partial charge in [0.2, 0.25) is 0 Å². The summed E-state index contributed by atoms with van der Waals surface area (Å²) in [6.45, 7) is 4.33. The first-order valence-corrected chi connectivity index (χ1v) is 4.53. The first-order chi connectivity index (χ1) is 5.91. The summed E-state index contributed by atoms with van der Waals surface area (Å²) in [6, 6.07) is 0. The van der Waals surface area contributed by atoms with E-state index in [1.807, 2.05) is 0 Å². The minimum absolute atomic E-state index is 0.0612. The van der Waals surface area contributed by atoms with Crippen molar-refractivity contribution >= 4 is 14.2 Å². The Morgan fingerprint density at radius 1 is 1.62 bits per heavy atom. The van der Waals surface area contributed by atoms with Gasteiger partial charge in [-0.25, -0.2) is 4.79 Å². The van der Waals surface area contributed by atoms with E-state index in [4.69, 9.17) is 15.1 Å². The van der Waals surface area contributed by atoms with E-state index in [1.54, 1.807) is 0 Å². The van der Waals surface area contributed by atoms with Gasteiger partial charge in [0.25, 0.3) is 0 Å². The van der Waals surface area contributed by atoms with E-state index in [-0.39, 0.29) is 18.8 Å². The largest absolute Gasteiger partial charge is 0.478 e. The molecule has 3 N–H and O–H groups in total. The van der Waals surface area contributed by atoms with Crippen molar-refractivity contribution < 1.29 is 29.0 Å². The second kappa shape index (κ2) is 9.41. The third-order valence-corrected chi connectivity index (χ3v) is 1.13. The number of carbonyl (C=O) groups is 1. The minimum atomic E-state index is -2.81. The third kappa shape index (κ3) is 18.4. The summed E-state index contributed by atoms with van der Waals surface area (Å²) < 4.78 is 13.7. The molecule has 13 heavy (non-hydrogen) atoms. The van der Waals surface area contributed by atoms with Crippen LogP contribution in [-0.4, -0.2) is 34.3 Å². The number of aliphatic hydroxyl groups is 1. The quantitative estimate of drug-likeness (QED) is 0.448. The van der Waals surface area contributed by atoms with E-state index < -0.39 is 14.2 Å². The van der Waals surface area contributed by atoms with Crippen LogP contribution < -0.4 is 0 Å². The molecule has 0 aromatic heterocycles. The lowest BCUT2D eigenvalue weighted by Gasteiger charge is -1.90. The summed E-state index contributed by atoms with van der Waals surface area (Å²) in [6.07, 6.45) is 0. The summed E-state index contributed by atoms with van der Waals surface area (Å²) in [7, 11) is -2.81. The molecular weight excluding hydrogens is 199 g/mol. The van der Waals surface area contributed by atoms with Gasteiger partial charge in [-0.3, -0.25) is 4.57 Å². The van der Waals surface area contributed by atoms with Crippen LogP contribution >= 0.6 is 8.25 Å². The van der Waals surface area contributed by atoms with E-state index in [9.17, 15) is 9.36 Å². The van der Waals surface area contributed by atoms with Crippen molar-refractivity contribution in [2.45, 2.75) is 6.92 Å². The van der Waals surface area contributed by atoms with Crippen LogP contribution in [0.25, 0.3) is 0 Å². The van der Waals surface area contributed by atoms with Gasteiger partial charge < -0.3 is 19.6 Å². The van der Waals surface area contributed by atoms with Crippen LogP contribution in [0.3, 0.4) is 0 Å². The Balaban J connectivity index is 0. The predicted molar refractivity (Wildman–Crippen MR) is 46.7 cm³/mol. The second-order valence-electron chi connectivity index (χ2n) is 1.92. The zero-order valence-corrected chi connectivity index (χ0v) is 8.19. The number of hydrogen-bond donors (Lipinski definition) is 3. The lowest BCUT2D eigenvalue weighted by molar-refractivity contribution is -0.132. The SMILES string of the molecule is C=C(C)C(=O)O.O=[PH](O)OCCO. The van der Waals surface area contributed by atoms with Gasteiger partial charge in [0.1, 0.15) is 0 Å². The Labute approximate surface area is 76.4 Å². The van der Waals surface area contributed by atoms with Crippen molar-refractivity contribution in [3.05, 3.63) is 12.2 Å². The fraction of sp³-hybridized carbons (Fsp3) is 0.500. The van der Waals surface area contributed by atoms with Gasteiger partial charge in [-0.2, -0.15) is 0 Å². The van der Waals surface area contributed by atoms with E-state index >= 15 is 0 Å². The highest BCUT2D eigenvalue weighted by Crippen LogP contribution is 2.12. The Morgan fingerprint density at radius 3 is 2.08 bits per heavy atom. The van der Waals surface area contributed by atoms with Gasteiger partial charge in [0, 0.05) is 5.57 Å². The van der Waals surface area contributed by atoms with E-state index in [2.05, 4.69) is 11.1 Å². The maximum atomic E-state index is 9.61. The fourth-order valence-corrected chi connectivity index (χ4v) is 0.399. The summed E-state index contributed by atoms with van der Waals surface area (Å²) in [5, 5.41) is 15.8. The molecule has 0 bridgehead atoms. The number of aliphatic carboxylic acids is 1. The van der Waals surface area contributed by atoms with E-state index in [0.29, 0.717) is 0 Å². The molecule has 0 fully saturated rings. The molecule has 78 valence electrons. The molecular formula is C6H13O6P. The normalized spacial score (nSPS) is 11.0. The number of hydrogen-bond acceptors (Lipinski definition) is 4. The molecule has 0 rings (SSSR count). The standard InChI is InChI=1S/C4H6O2.C2H7O4P/c1-3(2)4(5)6;3-1-2-6-7(4)5/h1H2,2H3,(H,5,6);3,7H,1-2H2,(H,4,5). The Kier molecular flexibility index (Phi) is 10.7. The highest BCUT2D eigenvalue weighted by Gasteiger charge is 1.90. The van der Waals surface area contributed by atoms with Crippen LogP contribution in [0.15, 0.2) is 12.2 Å². The van der Waals surface area contributed by atoms with E-state index in [1.165, 1.54) is 6.92 Å². The maximum absolute atomic E-state index is 9.61. The topological polar surface area (TPSA) is 104 Å². The van der Waals surface area contributed by atoms with Crippen molar-refractivity contribution in [1.82, 2.24) is 0 Å². The van der Waals surface area contributed by atoms with Gasteiger partial charge in [0.15, 0.2) is 0 Å². The van der Waals surface area contributed by atoms with Gasteiger partial charge in [-0.05, 0) is 6.92 Å². The number of carboxylic acids is 1. The molecule has 0 amide bonds. The monoisotopic (exact) mass is 212 g/mol. The molecule has 0 spiro atoms. The molecule has 6 nitrogen and oxygen atoms in total. The highest BCUT2D eigenvalue weighted by molar-refractivity contribution is 7.32. The van der Waals surface area contributed by atoms with Crippen LogP contribution in [0.5, 0.6) is 0 Å². The number of rotatable bonds is 4. The summed E-state index contributed by atoms with van der Waals surface area (Å²) in [5.74, 6) is -0.935. The highest BCUT2D eigenvalue weighted by atomic mass is 31.1. The molecule has 0 aromatic carbocycles. The van der Waals surface area contributed by atoms with Gasteiger partial charge >= 0.3 is 14.2 Å². The predicted octanol–water partition coefficient (Wildman–Crippen LogP) is 0.0244. The average molecular weight is 212 g/mol. The lowest BCUT2D eigenvalue weighted by Crippen LogP contribution is -1.92. The van der Waals surface area contributed by atoms with Crippen LogP contribution in [0.2, 0.25) is 0 Å². The molecule has 0 heterocycles. The Hall–Kier alpha value is -0.680. The van der Waals surface area contributed by atoms with Gasteiger partial charge in [-0.1, -0.05) is 6.58 Å². The van der Waals surface area contributed by atoms with Crippen molar-refractivity contribution in [1.29, 1.82) is 0 Å². The van der Waals surface area contributed by atoms with E-state index in [0.717, 1.165) is 0 Å². The van der Waals surface area contributed by atoms with Gasteiger partial charge in [0.05, 0.1) is 13.2 Å². The van der Waals surface area contributed by atoms with Crippen molar-refractivity contribution in [2.75, 3.05) is 13.2 Å². The van der Waals surface area contributed by atoms with Crippen LogP contribution in [0.4, 0.5) is 0 Å². The molecule has 0 saturated carbocycles. The zero-order valence-electron chi connectivity index (χ0n) is 7.19. The smallest absolute Gasteiger partial charge is 0.330 e. The minimum Gasteiger partial charge on any atom is -0.478 e. The first-order valence-electron chi connectivity index (χ1n) is 3.27. The number of aliphatic hydroxyl groups excluding tert-OH is 1. The lowest BCUT2D eigenvalue weighted by atomic mass is 10.4. The molecule has 1 atom stereocenters.